The van der Waals surface area contributed by atoms with Gasteiger partial charge in [0.15, 0.2) is 0 Å². The van der Waals surface area contributed by atoms with Crippen LogP contribution in [0.3, 0.4) is 0 Å². The number of rotatable bonds is 7. The van der Waals surface area contributed by atoms with Crippen molar-refractivity contribution in [1.29, 1.82) is 0 Å². The van der Waals surface area contributed by atoms with E-state index >= 15 is 0 Å². The Morgan fingerprint density at radius 1 is 1.31 bits per heavy atom. The summed E-state index contributed by atoms with van der Waals surface area (Å²) >= 11 is 0. The summed E-state index contributed by atoms with van der Waals surface area (Å²) in [6.45, 7) is 5.07. The van der Waals surface area contributed by atoms with E-state index in [2.05, 4.69) is 18.7 Å². The topological polar surface area (TPSA) is 83.7 Å². The fraction of sp³-hybridized carbons (Fsp3) is 0.650. The quantitative estimate of drug-likeness (QED) is 0.568. The molecule has 0 bridgehead atoms. The number of nitro groups is 1. The zero-order valence-corrected chi connectivity index (χ0v) is 15.6. The number of carbonyl (C=O) groups is 1. The van der Waals surface area contributed by atoms with Crippen LogP contribution in [0.2, 0.25) is 0 Å². The molecule has 2 fully saturated rings. The number of nitro benzene ring substituents is 1. The Morgan fingerprint density at radius 3 is 2.54 bits per heavy atom. The molecular weight excluding hydrogens is 332 g/mol. The number of hydrogen-bond donors (Lipinski definition) is 1. The summed E-state index contributed by atoms with van der Waals surface area (Å²) in [5.74, 6) is -0.888. The number of nitrogens with zero attached hydrogens (tertiary/aromatic N) is 2. The summed E-state index contributed by atoms with van der Waals surface area (Å²) < 4.78 is 0. The van der Waals surface area contributed by atoms with Crippen LogP contribution in [0.1, 0.15) is 63.9 Å². The standard InChI is InChI=1S/C20H28N2O4/c1-13(2)12-21(15-6-4-3-5-7-15)18-9-8-14(10-19(18)22(25)26)16-11-17(16)20(23)24/h8-10,13,15-17H,3-7,11-12H2,1-2H3,(H,23,24)/t16-,17-/m0/s1. The molecule has 6 heteroatoms. The van der Waals surface area contributed by atoms with Gasteiger partial charge in [-0.1, -0.05) is 39.2 Å². The van der Waals surface area contributed by atoms with E-state index in [1.54, 1.807) is 6.07 Å². The summed E-state index contributed by atoms with van der Waals surface area (Å²) in [5.41, 5.74) is 1.58. The minimum absolute atomic E-state index is 0.0894. The van der Waals surface area contributed by atoms with Gasteiger partial charge in [0, 0.05) is 18.7 Å². The van der Waals surface area contributed by atoms with Crippen molar-refractivity contribution in [3.8, 4) is 0 Å². The lowest BCUT2D eigenvalue weighted by Gasteiger charge is -2.37. The third kappa shape index (κ3) is 4.00. The first kappa shape index (κ1) is 18.7. The maximum atomic E-state index is 11.8. The molecule has 0 amide bonds. The molecule has 0 heterocycles. The second-order valence-corrected chi connectivity index (χ2v) is 8.13. The van der Waals surface area contributed by atoms with Crippen molar-refractivity contribution < 1.29 is 14.8 Å². The van der Waals surface area contributed by atoms with Crippen LogP contribution in [-0.2, 0) is 4.79 Å². The Balaban J connectivity index is 1.92. The normalized spacial score (nSPS) is 23.0. The van der Waals surface area contributed by atoms with Crippen LogP contribution in [0.15, 0.2) is 18.2 Å². The van der Waals surface area contributed by atoms with Crippen LogP contribution in [0, 0.1) is 22.0 Å². The third-order valence-corrected chi connectivity index (χ3v) is 5.62. The highest BCUT2D eigenvalue weighted by Crippen LogP contribution is 2.49. The summed E-state index contributed by atoms with van der Waals surface area (Å²) in [6, 6.07) is 5.70. The zero-order chi connectivity index (χ0) is 18.8. The van der Waals surface area contributed by atoms with Crippen molar-refractivity contribution in [3.63, 3.8) is 0 Å². The number of hydrogen-bond acceptors (Lipinski definition) is 4. The highest BCUT2D eigenvalue weighted by molar-refractivity contribution is 5.76. The smallest absolute Gasteiger partial charge is 0.307 e. The number of aliphatic carboxylic acids is 1. The van der Waals surface area contributed by atoms with Crippen molar-refractivity contribution in [1.82, 2.24) is 0 Å². The van der Waals surface area contributed by atoms with Gasteiger partial charge >= 0.3 is 5.97 Å². The minimum atomic E-state index is -0.814. The van der Waals surface area contributed by atoms with Crippen molar-refractivity contribution in [2.45, 2.75) is 64.3 Å². The van der Waals surface area contributed by atoms with Crippen LogP contribution >= 0.6 is 0 Å². The Hall–Kier alpha value is -2.11. The Morgan fingerprint density at radius 2 is 2.00 bits per heavy atom. The van der Waals surface area contributed by atoms with Crippen LogP contribution in [-0.4, -0.2) is 28.6 Å². The van der Waals surface area contributed by atoms with Gasteiger partial charge < -0.3 is 10.0 Å². The fourth-order valence-electron chi connectivity index (χ4n) is 4.23. The van der Waals surface area contributed by atoms with Gasteiger partial charge in [0.05, 0.1) is 10.8 Å². The zero-order valence-electron chi connectivity index (χ0n) is 15.6. The molecule has 2 saturated carbocycles. The molecule has 26 heavy (non-hydrogen) atoms. The molecule has 0 radical (unpaired) electrons. The molecule has 2 aliphatic carbocycles. The Kier molecular flexibility index (Phi) is 5.49. The molecule has 0 unspecified atom stereocenters. The number of carboxylic acids is 1. The molecule has 0 saturated heterocycles. The maximum Gasteiger partial charge on any atom is 0.307 e. The molecule has 2 atom stereocenters. The van der Waals surface area contributed by atoms with E-state index < -0.39 is 11.9 Å². The van der Waals surface area contributed by atoms with Gasteiger partial charge in [0.2, 0.25) is 0 Å². The molecule has 1 aromatic rings. The van der Waals surface area contributed by atoms with Gasteiger partial charge in [-0.05, 0) is 42.7 Å². The van der Waals surface area contributed by atoms with Crippen LogP contribution < -0.4 is 4.90 Å². The number of carboxylic acid groups (broad SMARTS) is 1. The van der Waals surface area contributed by atoms with Crippen LogP contribution in [0.25, 0.3) is 0 Å². The van der Waals surface area contributed by atoms with Gasteiger partial charge in [0.25, 0.3) is 5.69 Å². The van der Waals surface area contributed by atoms with E-state index in [4.69, 9.17) is 5.11 Å². The summed E-state index contributed by atoms with van der Waals surface area (Å²) in [7, 11) is 0. The summed E-state index contributed by atoms with van der Waals surface area (Å²) in [6.07, 6.45) is 6.32. The highest BCUT2D eigenvalue weighted by atomic mass is 16.6. The molecule has 6 nitrogen and oxygen atoms in total. The summed E-state index contributed by atoms with van der Waals surface area (Å²) in [4.78, 5) is 24.8. The van der Waals surface area contributed by atoms with E-state index in [1.807, 2.05) is 12.1 Å². The first-order chi connectivity index (χ1) is 12.4. The second kappa shape index (κ2) is 7.64. The van der Waals surface area contributed by atoms with E-state index in [1.165, 1.54) is 19.3 Å². The van der Waals surface area contributed by atoms with Crippen molar-refractivity contribution in [3.05, 3.63) is 33.9 Å². The van der Waals surface area contributed by atoms with Crippen molar-refractivity contribution in [2.24, 2.45) is 11.8 Å². The SMILES string of the molecule is CC(C)CN(c1ccc([C@@H]2C[C@@H]2C(=O)O)cc1[N+](=O)[O-])C1CCCCC1. The molecular formula is C20H28N2O4. The molecule has 2 aliphatic rings. The minimum Gasteiger partial charge on any atom is -0.481 e. The largest absolute Gasteiger partial charge is 0.481 e. The first-order valence-electron chi connectivity index (χ1n) is 9.66. The van der Waals surface area contributed by atoms with Crippen molar-refractivity contribution >= 4 is 17.3 Å². The molecule has 142 valence electrons. The molecule has 0 aromatic heterocycles. The third-order valence-electron chi connectivity index (χ3n) is 5.62. The van der Waals surface area contributed by atoms with Gasteiger partial charge in [-0.2, -0.15) is 0 Å². The first-order valence-corrected chi connectivity index (χ1v) is 9.66. The van der Waals surface area contributed by atoms with Crippen molar-refractivity contribution in [2.75, 3.05) is 11.4 Å². The maximum absolute atomic E-state index is 11.8. The van der Waals surface area contributed by atoms with Gasteiger partial charge in [0.1, 0.15) is 5.69 Å². The fourth-order valence-corrected chi connectivity index (χ4v) is 4.23. The molecule has 1 aromatic carbocycles. The molecule has 3 rings (SSSR count). The lowest BCUT2D eigenvalue weighted by molar-refractivity contribution is -0.384. The Labute approximate surface area is 154 Å². The molecule has 0 spiro atoms. The Bertz CT molecular complexity index is 682. The molecule has 0 aliphatic heterocycles. The van der Waals surface area contributed by atoms with Crippen LogP contribution in [0.4, 0.5) is 11.4 Å². The lowest BCUT2D eigenvalue weighted by atomic mass is 9.92. The average Bonchev–Trinajstić information content (AvgIpc) is 3.41. The number of anilines is 1. The van der Waals surface area contributed by atoms with E-state index in [0.717, 1.165) is 24.9 Å². The highest BCUT2D eigenvalue weighted by Gasteiger charge is 2.45. The predicted octanol–water partition coefficient (Wildman–Crippen LogP) is 4.58. The van der Waals surface area contributed by atoms with E-state index in [-0.39, 0.29) is 16.5 Å². The predicted molar refractivity (Wildman–Crippen MR) is 101 cm³/mol. The van der Waals surface area contributed by atoms with Gasteiger partial charge in [-0.25, -0.2) is 0 Å². The van der Waals surface area contributed by atoms with Gasteiger partial charge in [-0.3, -0.25) is 14.9 Å². The number of benzene rings is 1. The lowest BCUT2D eigenvalue weighted by Crippen LogP contribution is -2.39. The average molecular weight is 360 g/mol. The second-order valence-electron chi connectivity index (χ2n) is 8.13. The van der Waals surface area contributed by atoms with E-state index in [9.17, 15) is 14.9 Å². The van der Waals surface area contributed by atoms with E-state index in [0.29, 0.717) is 24.1 Å². The van der Waals surface area contributed by atoms with Crippen LogP contribution in [0.5, 0.6) is 0 Å². The summed E-state index contributed by atoms with van der Waals surface area (Å²) in [5, 5.41) is 20.9. The molecule has 1 N–H and O–H groups in total. The monoisotopic (exact) mass is 360 g/mol. The van der Waals surface area contributed by atoms with Gasteiger partial charge in [-0.15, -0.1) is 0 Å².